The highest BCUT2D eigenvalue weighted by Crippen LogP contribution is 2.41. The highest BCUT2D eigenvalue weighted by atomic mass is 16.7. The third-order valence-electron chi connectivity index (χ3n) is 3.41. The van der Waals surface area contributed by atoms with Gasteiger partial charge in [0, 0.05) is 17.7 Å². The summed E-state index contributed by atoms with van der Waals surface area (Å²) in [6.45, 7) is 1.38. The number of nitrogens with one attached hydrogen (secondary N) is 1. The molecule has 0 aliphatic carbocycles. The zero-order chi connectivity index (χ0) is 11.7. The Morgan fingerprint density at radius 3 is 2.76 bits per heavy atom. The summed E-state index contributed by atoms with van der Waals surface area (Å²) in [6.07, 6.45) is 3.66. The molecule has 92 valence electrons. The Labute approximate surface area is 101 Å². The Hall–Kier alpha value is -1.42. The van der Waals surface area contributed by atoms with Crippen molar-refractivity contribution in [1.29, 1.82) is 0 Å². The quantitative estimate of drug-likeness (QED) is 0.853. The molecule has 2 aliphatic rings. The number of fused-ring (bicyclic) bond motifs is 1. The van der Waals surface area contributed by atoms with Crippen LogP contribution >= 0.6 is 0 Å². The third-order valence-corrected chi connectivity index (χ3v) is 3.41. The van der Waals surface area contributed by atoms with Crippen molar-refractivity contribution < 1.29 is 14.2 Å². The first-order chi connectivity index (χ1) is 8.38. The molecule has 1 aromatic rings. The normalized spacial score (nSPS) is 22.5. The minimum atomic E-state index is 0.306. The summed E-state index contributed by atoms with van der Waals surface area (Å²) in [4.78, 5) is 0. The average molecular weight is 235 g/mol. The van der Waals surface area contributed by atoms with E-state index in [0.717, 1.165) is 30.2 Å². The van der Waals surface area contributed by atoms with E-state index in [1.165, 1.54) is 18.4 Å². The van der Waals surface area contributed by atoms with Crippen LogP contribution < -0.4 is 19.5 Å². The Bertz CT molecular complexity index is 413. The van der Waals surface area contributed by atoms with Gasteiger partial charge in [-0.05, 0) is 25.5 Å². The van der Waals surface area contributed by atoms with Crippen molar-refractivity contribution in [1.82, 2.24) is 5.32 Å². The van der Waals surface area contributed by atoms with E-state index < -0.39 is 0 Å². The molecule has 0 saturated carbocycles. The molecule has 17 heavy (non-hydrogen) atoms. The van der Waals surface area contributed by atoms with Crippen LogP contribution in [0.4, 0.5) is 0 Å². The lowest BCUT2D eigenvalue weighted by atomic mass is 9.96. The number of benzene rings is 1. The SMILES string of the molecule is COc1cc2c(cc1C1CCCCN1)OCO2. The van der Waals surface area contributed by atoms with E-state index in [9.17, 15) is 0 Å². The molecule has 4 nitrogen and oxygen atoms in total. The third kappa shape index (κ3) is 1.93. The van der Waals surface area contributed by atoms with Crippen LogP contribution in [0.5, 0.6) is 17.2 Å². The molecule has 0 spiro atoms. The van der Waals surface area contributed by atoms with Crippen LogP contribution in [0, 0.1) is 0 Å². The van der Waals surface area contributed by atoms with Gasteiger partial charge in [-0.3, -0.25) is 0 Å². The van der Waals surface area contributed by atoms with Gasteiger partial charge in [0.05, 0.1) is 7.11 Å². The lowest BCUT2D eigenvalue weighted by Crippen LogP contribution is -2.27. The van der Waals surface area contributed by atoms with Crippen LogP contribution in [0.25, 0.3) is 0 Å². The van der Waals surface area contributed by atoms with E-state index >= 15 is 0 Å². The van der Waals surface area contributed by atoms with Gasteiger partial charge in [0.25, 0.3) is 0 Å². The Balaban J connectivity index is 1.96. The Morgan fingerprint density at radius 2 is 2.06 bits per heavy atom. The highest BCUT2D eigenvalue weighted by molar-refractivity contribution is 5.52. The van der Waals surface area contributed by atoms with Crippen LogP contribution in [0.3, 0.4) is 0 Å². The summed E-state index contributed by atoms with van der Waals surface area (Å²) in [6, 6.07) is 4.34. The number of hydrogen-bond donors (Lipinski definition) is 1. The number of rotatable bonds is 2. The molecule has 1 N–H and O–H groups in total. The molecule has 4 heteroatoms. The van der Waals surface area contributed by atoms with Crippen molar-refractivity contribution in [3.8, 4) is 17.2 Å². The van der Waals surface area contributed by atoms with Crippen molar-refractivity contribution in [3.63, 3.8) is 0 Å². The van der Waals surface area contributed by atoms with Crippen molar-refractivity contribution in [2.75, 3.05) is 20.4 Å². The zero-order valence-corrected chi connectivity index (χ0v) is 9.99. The molecule has 1 fully saturated rings. The number of hydrogen-bond acceptors (Lipinski definition) is 4. The standard InChI is InChI=1S/C13H17NO3/c1-15-11-7-13-12(16-8-17-13)6-9(11)10-4-2-3-5-14-10/h6-7,10,14H,2-5,8H2,1H3. The van der Waals surface area contributed by atoms with Gasteiger partial charge in [-0.15, -0.1) is 0 Å². The lowest BCUT2D eigenvalue weighted by molar-refractivity contribution is 0.174. The molecule has 0 radical (unpaired) electrons. The largest absolute Gasteiger partial charge is 0.496 e. The Morgan fingerprint density at radius 1 is 1.24 bits per heavy atom. The van der Waals surface area contributed by atoms with Crippen LogP contribution in [0.1, 0.15) is 30.9 Å². The van der Waals surface area contributed by atoms with Gasteiger partial charge in [0.1, 0.15) is 5.75 Å². The van der Waals surface area contributed by atoms with Gasteiger partial charge < -0.3 is 19.5 Å². The molecule has 0 aromatic heterocycles. The maximum atomic E-state index is 5.45. The molecule has 1 saturated heterocycles. The van der Waals surface area contributed by atoms with Crippen LogP contribution in [-0.4, -0.2) is 20.4 Å². The second kappa shape index (κ2) is 4.45. The highest BCUT2D eigenvalue weighted by Gasteiger charge is 2.23. The van der Waals surface area contributed by atoms with Gasteiger partial charge in [0.15, 0.2) is 11.5 Å². The summed E-state index contributed by atoms with van der Waals surface area (Å²) in [5, 5.41) is 3.52. The molecule has 2 aliphatic heterocycles. The molecular formula is C13H17NO3. The van der Waals surface area contributed by atoms with E-state index in [2.05, 4.69) is 5.32 Å². The second-order valence-corrected chi connectivity index (χ2v) is 4.45. The first kappa shape index (κ1) is 10.7. The van der Waals surface area contributed by atoms with Crippen molar-refractivity contribution in [3.05, 3.63) is 17.7 Å². The fourth-order valence-corrected chi connectivity index (χ4v) is 2.51. The Kier molecular flexibility index (Phi) is 2.81. The predicted molar refractivity (Wildman–Crippen MR) is 63.7 cm³/mol. The predicted octanol–water partition coefficient (Wildman–Crippen LogP) is 2.24. The lowest BCUT2D eigenvalue weighted by Gasteiger charge is -2.25. The van der Waals surface area contributed by atoms with Crippen molar-refractivity contribution in [2.24, 2.45) is 0 Å². The topological polar surface area (TPSA) is 39.7 Å². The van der Waals surface area contributed by atoms with Crippen LogP contribution in [0.15, 0.2) is 12.1 Å². The van der Waals surface area contributed by atoms with Gasteiger partial charge >= 0.3 is 0 Å². The smallest absolute Gasteiger partial charge is 0.231 e. The molecule has 2 heterocycles. The fourth-order valence-electron chi connectivity index (χ4n) is 2.51. The van der Waals surface area contributed by atoms with Crippen LogP contribution in [0.2, 0.25) is 0 Å². The molecule has 0 bridgehead atoms. The number of piperidine rings is 1. The second-order valence-electron chi connectivity index (χ2n) is 4.45. The molecule has 1 aromatic carbocycles. The monoisotopic (exact) mass is 235 g/mol. The maximum Gasteiger partial charge on any atom is 0.231 e. The van der Waals surface area contributed by atoms with Gasteiger partial charge in [-0.2, -0.15) is 0 Å². The van der Waals surface area contributed by atoms with E-state index in [0.29, 0.717) is 12.8 Å². The minimum absolute atomic E-state index is 0.306. The van der Waals surface area contributed by atoms with Gasteiger partial charge in [0.2, 0.25) is 6.79 Å². The van der Waals surface area contributed by atoms with E-state index in [1.54, 1.807) is 7.11 Å². The fraction of sp³-hybridized carbons (Fsp3) is 0.538. The molecule has 1 atom stereocenters. The molecule has 1 unspecified atom stereocenters. The van der Waals surface area contributed by atoms with E-state index in [-0.39, 0.29) is 0 Å². The first-order valence-electron chi connectivity index (χ1n) is 6.09. The summed E-state index contributed by atoms with van der Waals surface area (Å²) in [7, 11) is 1.70. The minimum Gasteiger partial charge on any atom is -0.496 e. The molecular weight excluding hydrogens is 218 g/mol. The number of methoxy groups -OCH3 is 1. The summed E-state index contributed by atoms with van der Waals surface area (Å²) >= 11 is 0. The van der Waals surface area contributed by atoms with Gasteiger partial charge in [-0.25, -0.2) is 0 Å². The number of ether oxygens (including phenoxy) is 3. The average Bonchev–Trinajstić information content (AvgIpc) is 2.85. The summed E-state index contributed by atoms with van der Waals surface area (Å²) in [5.41, 5.74) is 1.18. The maximum absolute atomic E-state index is 5.45. The van der Waals surface area contributed by atoms with Gasteiger partial charge in [-0.1, -0.05) is 6.42 Å². The summed E-state index contributed by atoms with van der Waals surface area (Å²) < 4.78 is 16.2. The first-order valence-corrected chi connectivity index (χ1v) is 6.09. The van der Waals surface area contributed by atoms with E-state index in [1.807, 2.05) is 12.1 Å². The summed E-state index contributed by atoms with van der Waals surface area (Å²) in [5.74, 6) is 2.49. The van der Waals surface area contributed by atoms with Crippen molar-refractivity contribution >= 4 is 0 Å². The molecule has 3 rings (SSSR count). The molecule has 0 amide bonds. The van der Waals surface area contributed by atoms with Crippen molar-refractivity contribution in [2.45, 2.75) is 25.3 Å². The zero-order valence-electron chi connectivity index (χ0n) is 9.99. The van der Waals surface area contributed by atoms with Crippen LogP contribution in [-0.2, 0) is 0 Å². The van der Waals surface area contributed by atoms with E-state index in [4.69, 9.17) is 14.2 Å².